The topological polar surface area (TPSA) is 73.6 Å². The molecule has 0 saturated carbocycles. The second-order valence-electron chi connectivity index (χ2n) is 9.14. The van der Waals surface area contributed by atoms with E-state index in [1.54, 1.807) is 6.92 Å². The van der Waals surface area contributed by atoms with Crippen molar-refractivity contribution in [3.05, 3.63) is 59.3 Å². The normalized spacial score (nSPS) is 12.1. The Labute approximate surface area is 201 Å². The molecule has 6 nitrogen and oxygen atoms in total. The van der Waals surface area contributed by atoms with Crippen LogP contribution in [-0.2, 0) is 29.3 Å². The summed E-state index contributed by atoms with van der Waals surface area (Å²) in [5.41, 5.74) is 3.97. The van der Waals surface area contributed by atoms with Crippen molar-refractivity contribution in [2.45, 2.75) is 72.8 Å². The molecule has 0 aliphatic heterocycles. The third kappa shape index (κ3) is 6.85. The SMILES string of the molecule is CC#CC(CC(=O)O)c1ccc(OCc2ccc3c(COC(C)C)nn(CC(C)C)c3c2)cc1. The number of carbonyl (C=O) groups is 1. The monoisotopic (exact) mass is 462 g/mol. The van der Waals surface area contributed by atoms with Crippen LogP contribution >= 0.6 is 0 Å². The summed E-state index contributed by atoms with van der Waals surface area (Å²) < 4.78 is 13.9. The second-order valence-corrected chi connectivity index (χ2v) is 9.14. The molecule has 180 valence electrons. The van der Waals surface area contributed by atoms with Gasteiger partial charge in [0.05, 0.1) is 36.3 Å². The number of hydrogen-bond donors (Lipinski definition) is 1. The molecule has 6 heteroatoms. The Hall–Kier alpha value is -3.30. The minimum absolute atomic E-state index is 0.0185. The fourth-order valence-corrected chi connectivity index (χ4v) is 3.78. The fourth-order valence-electron chi connectivity index (χ4n) is 3.78. The van der Waals surface area contributed by atoms with Crippen LogP contribution in [0.1, 0.15) is 63.8 Å². The largest absolute Gasteiger partial charge is 0.489 e. The third-order valence-electron chi connectivity index (χ3n) is 5.37. The van der Waals surface area contributed by atoms with Gasteiger partial charge >= 0.3 is 5.97 Å². The van der Waals surface area contributed by atoms with E-state index in [4.69, 9.17) is 19.7 Å². The first kappa shape index (κ1) is 25.3. The predicted octanol–water partition coefficient (Wildman–Crippen LogP) is 5.78. The van der Waals surface area contributed by atoms with Crippen LogP contribution in [-0.4, -0.2) is 27.0 Å². The molecule has 0 spiro atoms. The zero-order valence-corrected chi connectivity index (χ0v) is 20.7. The van der Waals surface area contributed by atoms with E-state index in [1.807, 2.05) is 38.1 Å². The summed E-state index contributed by atoms with van der Waals surface area (Å²) in [6.07, 6.45) is 0.132. The van der Waals surface area contributed by atoms with Crippen molar-refractivity contribution in [1.82, 2.24) is 9.78 Å². The number of benzene rings is 2. The first-order chi connectivity index (χ1) is 16.3. The Bertz CT molecular complexity index is 1170. The molecule has 1 N–H and O–H groups in total. The number of carboxylic acid groups (broad SMARTS) is 1. The molecular weight excluding hydrogens is 428 g/mol. The first-order valence-corrected chi connectivity index (χ1v) is 11.7. The first-order valence-electron chi connectivity index (χ1n) is 11.7. The highest BCUT2D eigenvalue weighted by Crippen LogP contribution is 2.25. The van der Waals surface area contributed by atoms with Gasteiger partial charge in [-0.2, -0.15) is 5.10 Å². The molecule has 3 aromatic rings. The fraction of sp³-hybridized carbons (Fsp3) is 0.429. The molecule has 1 heterocycles. The van der Waals surface area contributed by atoms with E-state index < -0.39 is 5.97 Å². The van der Waals surface area contributed by atoms with Crippen LogP contribution < -0.4 is 4.74 Å². The Balaban J connectivity index is 1.75. The van der Waals surface area contributed by atoms with Crippen molar-refractivity contribution in [1.29, 1.82) is 0 Å². The van der Waals surface area contributed by atoms with E-state index >= 15 is 0 Å². The molecule has 0 saturated heterocycles. The molecule has 0 aliphatic carbocycles. The lowest BCUT2D eigenvalue weighted by molar-refractivity contribution is -0.137. The molecule has 34 heavy (non-hydrogen) atoms. The van der Waals surface area contributed by atoms with Gasteiger partial charge in [-0.3, -0.25) is 9.48 Å². The Morgan fingerprint density at radius 2 is 1.82 bits per heavy atom. The summed E-state index contributed by atoms with van der Waals surface area (Å²) in [6, 6.07) is 13.8. The van der Waals surface area contributed by atoms with Crippen molar-refractivity contribution >= 4 is 16.9 Å². The average Bonchev–Trinajstić information content (AvgIpc) is 3.12. The van der Waals surface area contributed by atoms with E-state index in [0.29, 0.717) is 19.1 Å². The molecule has 0 amide bonds. The Morgan fingerprint density at radius 3 is 2.44 bits per heavy atom. The van der Waals surface area contributed by atoms with Gasteiger partial charge in [0.1, 0.15) is 12.4 Å². The highest BCUT2D eigenvalue weighted by molar-refractivity contribution is 5.82. The van der Waals surface area contributed by atoms with Crippen molar-refractivity contribution in [3.8, 4) is 17.6 Å². The van der Waals surface area contributed by atoms with Crippen molar-refractivity contribution in [3.63, 3.8) is 0 Å². The van der Waals surface area contributed by atoms with Crippen LogP contribution in [0.15, 0.2) is 42.5 Å². The Morgan fingerprint density at radius 1 is 1.09 bits per heavy atom. The standard InChI is InChI=1S/C28H34N2O4/c1-6-7-23(15-28(31)32)22-9-11-24(12-10-22)34-17-21-8-13-25-26(18-33-20(4)5)29-30(16-19(2)3)27(25)14-21/h8-14,19-20,23H,15-18H2,1-5H3,(H,31,32). The zero-order chi connectivity index (χ0) is 24.7. The van der Waals surface area contributed by atoms with Crippen LogP contribution in [0.2, 0.25) is 0 Å². The molecule has 0 fully saturated rings. The maximum Gasteiger partial charge on any atom is 0.304 e. The summed E-state index contributed by atoms with van der Waals surface area (Å²) in [5.74, 6) is 5.80. The lowest BCUT2D eigenvalue weighted by Gasteiger charge is -2.11. The summed E-state index contributed by atoms with van der Waals surface area (Å²) in [5, 5.41) is 15.1. The number of aromatic nitrogens is 2. The molecule has 0 radical (unpaired) electrons. The second kappa shape index (κ2) is 11.7. The number of fused-ring (bicyclic) bond motifs is 1. The minimum Gasteiger partial charge on any atom is -0.489 e. The lowest BCUT2D eigenvalue weighted by Crippen LogP contribution is -2.07. The van der Waals surface area contributed by atoms with Crippen molar-refractivity contribution in [2.75, 3.05) is 0 Å². The van der Waals surface area contributed by atoms with E-state index in [0.717, 1.165) is 40.0 Å². The van der Waals surface area contributed by atoms with Gasteiger partial charge < -0.3 is 14.6 Å². The minimum atomic E-state index is -0.862. The molecule has 0 bridgehead atoms. The van der Waals surface area contributed by atoms with Crippen molar-refractivity contribution in [2.24, 2.45) is 5.92 Å². The molecule has 3 rings (SSSR count). The lowest BCUT2D eigenvalue weighted by atomic mass is 9.96. The molecule has 1 atom stereocenters. The Kier molecular flexibility index (Phi) is 8.72. The van der Waals surface area contributed by atoms with E-state index in [2.05, 4.69) is 48.6 Å². The average molecular weight is 463 g/mol. The van der Waals surface area contributed by atoms with Gasteiger partial charge in [0.25, 0.3) is 0 Å². The summed E-state index contributed by atoms with van der Waals surface area (Å²) >= 11 is 0. The number of carboxylic acids is 1. The predicted molar refractivity (Wildman–Crippen MR) is 134 cm³/mol. The van der Waals surface area contributed by atoms with Gasteiger partial charge in [-0.15, -0.1) is 5.92 Å². The van der Waals surface area contributed by atoms with Crippen LogP contribution in [0.5, 0.6) is 5.75 Å². The summed E-state index contributed by atoms with van der Waals surface area (Å²) in [6.45, 7) is 11.9. The summed E-state index contributed by atoms with van der Waals surface area (Å²) in [7, 11) is 0. The maximum atomic E-state index is 11.1. The van der Waals surface area contributed by atoms with Gasteiger partial charge in [-0.05, 0) is 56.0 Å². The van der Waals surface area contributed by atoms with E-state index in [1.165, 1.54) is 0 Å². The van der Waals surface area contributed by atoms with Gasteiger partial charge in [0, 0.05) is 11.9 Å². The van der Waals surface area contributed by atoms with Gasteiger partial charge in [0.2, 0.25) is 0 Å². The van der Waals surface area contributed by atoms with E-state index in [9.17, 15) is 4.79 Å². The number of nitrogens with zero attached hydrogens (tertiary/aromatic N) is 2. The number of rotatable bonds is 11. The van der Waals surface area contributed by atoms with Gasteiger partial charge in [-0.1, -0.05) is 44.0 Å². The van der Waals surface area contributed by atoms with E-state index in [-0.39, 0.29) is 18.4 Å². The third-order valence-corrected chi connectivity index (χ3v) is 5.37. The summed E-state index contributed by atoms with van der Waals surface area (Å²) in [4.78, 5) is 11.1. The highest BCUT2D eigenvalue weighted by atomic mass is 16.5. The quantitative estimate of drug-likeness (QED) is 0.366. The molecule has 2 aromatic carbocycles. The number of aliphatic carboxylic acids is 1. The number of ether oxygens (including phenoxy) is 2. The zero-order valence-electron chi connectivity index (χ0n) is 20.7. The smallest absolute Gasteiger partial charge is 0.304 e. The molecular formula is C28H34N2O4. The van der Waals surface area contributed by atoms with Crippen molar-refractivity contribution < 1.29 is 19.4 Å². The molecule has 0 aliphatic rings. The van der Waals surface area contributed by atoms with Crippen LogP contribution in [0.3, 0.4) is 0 Å². The van der Waals surface area contributed by atoms with Crippen LogP contribution in [0, 0.1) is 17.8 Å². The molecule has 1 aromatic heterocycles. The molecule has 1 unspecified atom stereocenters. The highest BCUT2D eigenvalue weighted by Gasteiger charge is 2.15. The number of hydrogen-bond acceptors (Lipinski definition) is 4. The van der Waals surface area contributed by atoms with Crippen LogP contribution in [0.4, 0.5) is 0 Å². The van der Waals surface area contributed by atoms with Gasteiger partial charge in [0.15, 0.2) is 0 Å². The van der Waals surface area contributed by atoms with Gasteiger partial charge in [-0.25, -0.2) is 0 Å². The maximum absolute atomic E-state index is 11.1. The van der Waals surface area contributed by atoms with Crippen LogP contribution in [0.25, 0.3) is 10.9 Å².